The van der Waals surface area contributed by atoms with Gasteiger partial charge in [0.1, 0.15) is 6.61 Å². The van der Waals surface area contributed by atoms with E-state index in [0.29, 0.717) is 21.9 Å². The maximum atomic E-state index is 12.3. The zero-order chi connectivity index (χ0) is 18.3. The molecule has 1 aromatic carbocycles. The molecule has 4 rings (SSSR count). The first-order chi connectivity index (χ1) is 12.5. The standard InChI is InChI=1S/C17H13N3O4S2/c1-9-15(22)19-12-6-10(2-3-13(12)26-9)16(23)24-8-11-7-14(21)20-4-5-25-17(20)18-11/h2-7,9H,8H2,1H3,(H,19,22)/t9-/m0/s1. The van der Waals surface area contributed by atoms with Gasteiger partial charge < -0.3 is 10.1 Å². The summed E-state index contributed by atoms with van der Waals surface area (Å²) < 4.78 is 6.70. The summed E-state index contributed by atoms with van der Waals surface area (Å²) in [6, 6.07) is 6.38. The quantitative estimate of drug-likeness (QED) is 0.695. The number of thioether (sulfide) groups is 1. The lowest BCUT2D eigenvalue weighted by molar-refractivity contribution is -0.115. The maximum absolute atomic E-state index is 12.3. The number of hydrogen-bond donors (Lipinski definition) is 1. The number of hydrogen-bond acceptors (Lipinski definition) is 7. The van der Waals surface area contributed by atoms with Crippen molar-refractivity contribution >= 4 is 45.6 Å². The highest BCUT2D eigenvalue weighted by Crippen LogP contribution is 2.36. The second-order valence-corrected chi connectivity index (χ2v) is 7.93. The van der Waals surface area contributed by atoms with Crippen molar-refractivity contribution in [1.82, 2.24) is 9.38 Å². The summed E-state index contributed by atoms with van der Waals surface area (Å²) in [4.78, 5) is 41.8. The molecule has 0 aliphatic carbocycles. The molecule has 1 atom stereocenters. The van der Waals surface area contributed by atoms with Gasteiger partial charge in [0.25, 0.3) is 5.56 Å². The molecule has 1 N–H and O–H groups in total. The fraction of sp³-hybridized carbons (Fsp3) is 0.176. The molecule has 9 heteroatoms. The molecule has 1 aliphatic heterocycles. The normalized spacial score (nSPS) is 16.2. The summed E-state index contributed by atoms with van der Waals surface area (Å²) >= 11 is 2.78. The van der Waals surface area contributed by atoms with Gasteiger partial charge in [-0.05, 0) is 25.1 Å². The monoisotopic (exact) mass is 387 g/mol. The number of esters is 1. The number of carbonyl (C=O) groups excluding carboxylic acids is 2. The van der Waals surface area contributed by atoms with Crippen LogP contribution in [0.3, 0.4) is 0 Å². The average Bonchev–Trinajstić information content (AvgIpc) is 3.09. The summed E-state index contributed by atoms with van der Waals surface area (Å²) in [7, 11) is 0. The van der Waals surface area contributed by atoms with Crippen molar-refractivity contribution in [3.63, 3.8) is 0 Å². The van der Waals surface area contributed by atoms with Gasteiger partial charge in [0, 0.05) is 22.5 Å². The largest absolute Gasteiger partial charge is 0.456 e. The third-order valence-electron chi connectivity index (χ3n) is 3.85. The molecule has 3 aromatic rings. The summed E-state index contributed by atoms with van der Waals surface area (Å²) in [6.45, 7) is 1.72. The first kappa shape index (κ1) is 16.8. The van der Waals surface area contributed by atoms with Crippen LogP contribution in [0.25, 0.3) is 4.96 Å². The first-order valence-corrected chi connectivity index (χ1v) is 9.52. The van der Waals surface area contributed by atoms with Crippen LogP contribution in [0, 0.1) is 0 Å². The molecule has 0 spiro atoms. The van der Waals surface area contributed by atoms with Gasteiger partial charge in [0.2, 0.25) is 5.91 Å². The molecule has 0 bridgehead atoms. The minimum absolute atomic E-state index is 0.0954. The predicted octanol–water partition coefficient (Wildman–Crippen LogP) is 2.55. The highest BCUT2D eigenvalue weighted by atomic mass is 32.2. The zero-order valence-corrected chi connectivity index (χ0v) is 15.2. The summed E-state index contributed by atoms with van der Waals surface area (Å²) in [5.74, 6) is -0.638. The van der Waals surface area contributed by atoms with Crippen LogP contribution in [0.4, 0.5) is 5.69 Å². The van der Waals surface area contributed by atoms with Crippen LogP contribution in [0.1, 0.15) is 23.0 Å². The number of fused-ring (bicyclic) bond motifs is 2. The second-order valence-electron chi connectivity index (χ2n) is 5.68. The van der Waals surface area contributed by atoms with E-state index in [-0.39, 0.29) is 23.3 Å². The molecular weight excluding hydrogens is 374 g/mol. The Kier molecular flexibility index (Phi) is 4.25. The molecular formula is C17H13N3O4S2. The van der Waals surface area contributed by atoms with Crippen molar-refractivity contribution < 1.29 is 14.3 Å². The van der Waals surface area contributed by atoms with E-state index in [0.717, 1.165) is 4.90 Å². The molecule has 132 valence electrons. The summed E-state index contributed by atoms with van der Waals surface area (Å²) in [6.07, 6.45) is 1.64. The second kappa shape index (κ2) is 6.58. The Morgan fingerprint density at radius 3 is 3.04 bits per heavy atom. The zero-order valence-electron chi connectivity index (χ0n) is 13.6. The SMILES string of the molecule is C[C@@H]1Sc2ccc(C(=O)OCc3cc(=O)n4ccsc4n3)cc2NC1=O. The molecule has 2 aromatic heterocycles. The lowest BCUT2D eigenvalue weighted by Crippen LogP contribution is -2.26. The van der Waals surface area contributed by atoms with Crippen LogP contribution in [-0.2, 0) is 16.1 Å². The molecule has 7 nitrogen and oxygen atoms in total. The summed E-state index contributed by atoms with van der Waals surface area (Å²) in [5.41, 5.74) is 1.10. The maximum Gasteiger partial charge on any atom is 0.338 e. The molecule has 1 amide bonds. The Morgan fingerprint density at radius 2 is 2.19 bits per heavy atom. The van der Waals surface area contributed by atoms with Crippen molar-refractivity contribution in [2.45, 2.75) is 23.7 Å². The van der Waals surface area contributed by atoms with Gasteiger partial charge in [-0.3, -0.25) is 14.0 Å². The molecule has 0 fully saturated rings. The van der Waals surface area contributed by atoms with Crippen LogP contribution in [0.2, 0.25) is 0 Å². The third-order valence-corrected chi connectivity index (χ3v) is 5.79. The van der Waals surface area contributed by atoms with Crippen molar-refractivity contribution in [1.29, 1.82) is 0 Å². The highest BCUT2D eigenvalue weighted by molar-refractivity contribution is 8.00. The third kappa shape index (κ3) is 3.11. The Morgan fingerprint density at radius 1 is 1.35 bits per heavy atom. The molecule has 0 saturated carbocycles. The predicted molar refractivity (Wildman–Crippen MR) is 98.8 cm³/mol. The number of nitrogens with zero attached hydrogens (tertiary/aromatic N) is 2. The summed E-state index contributed by atoms with van der Waals surface area (Å²) in [5, 5.41) is 4.38. The van der Waals surface area contributed by atoms with Crippen molar-refractivity contribution in [2.75, 3.05) is 5.32 Å². The van der Waals surface area contributed by atoms with Crippen LogP contribution in [0.15, 0.2) is 45.5 Å². The first-order valence-electron chi connectivity index (χ1n) is 7.76. The number of nitrogens with one attached hydrogen (secondary N) is 1. The van der Waals surface area contributed by atoms with Gasteiger partial charge in [-0.25, -0.2) is 9.78 Å². The van der Waals surface area contributed by atoms with Crippen LogP contribution in [0.5, 0.6) is 0 Å². The van der Waals surface area contributed by atoms with E-state index in [4.69, 9.17) is 4.74 Å². The number of rotatable bonds is 3. The van der Waals surface area contributed by atoms with E-state index in [2.05, 4.69) is 10.3 Å². The fourth-order valence-corrected chi connectivity index (χ4v) is 4.19. The molecule has 0 radical (unpaired) electrons. The van der Waals surface area contributed by atoms with Crippen molar-refractivity contribution in [2.24, 2.45) is 0 Å². The molecule has 26 heavy (non-hydrogen) atoms. The molecule has 3 heterocycles. The molecule has 0 saturated heterocycles. The fourth-order valence-electron chi connectivity index (χ4n) is 2.52. The van der Waals surface area contributed by atoms with E-state index in [9.17, 15) is 14.4 Å². The topological polar surface area (TPSA) is 89.8 Å². The minimum Gasteiger partial charge on any atom is -0.456 e. The molecule has 1 aliphatic rings. The Balaban J connectivity index is 1.50. The lowest BCUT2D eigenvalue weighted by atomic mass is 10.2. The smallest absolute Gasteiger partial charge is 0.338 e. The van der Waals surface area contributed by atoms with Crippen LogP contribution < -0.4 is 10.9 Å². The highest BCUT2D eigenvalue weighted by Gasteiger charge is 2.24. The number of amides is 1. The van der Waals surface area contributed by atoms with Crippen molar-refractivity contribution in [3.8, 4) is 0 Å². The average molecular weight is 387 g/mol. The van der Waals surface area contributed by atoms with Gasteiger partial charge in [0.05, 0.1) is 22.2 Å². The van der Waals surface area contributed by atoms with E-state index in [1.54, 1.807) is 29.8 Å². The Labute approximate surface area is 156 Å². The van der Waals surface area contributed by atoms with Crippen LogP contribution >= 0.6 is 23.1 Å². The van der Waals surface area contributed by atoms with Gasteiger partial charge in [-0.15, -0.1) is 23.1 Å². The Bertz CT molecular complexity index is 1090. The van der Waals surface area contributed by atoms with E-state index in [1.807, 2.05) is 6.92 Å². The Hall–Kier alpha value is -2.65. The number of carbonyl (C=O) groups is 2. The van der Waals surface area contributed by atoms with Crippen LogP contribution in [-0.4, -0.2) is 26.5 Å². The van der Waals surface area contributed by atoms with Gasteiger partial charge >= 0.3 is 5.97 Å². The van der Waals surface area contributed by atoms with E-state index < -0.39 is 5.97 Å². The van der Waals surface area contributed by atoms with E-state index >= 15 is 0 Å². The number of benzene rings is 1. The van der Waals surface area contributed by atoms with Crippen molar-refractivity contribution in [3.05, 3.63) is 57.5 Å². The lowest BCUT2D eigenvalue weighted by Gasteiger charge is -2.21. The number of anilines is 1. The van der Waals surface area contributed by atoms with Gasteiger partial charge in [-0.1, -0.05) is 0 Å². The number of aromatic nitrogens is 2. The van der Waals surface area contributed by atoms with Gasteiger partial charge in [-0.2, -0.15) is 0 Å². The number of ether oxygens (including phenoxy) is 1. The molecule has 0 unspecified atom stereocenters. The van der Waals surface area contributed by atoms with Gasteiger partial charge in [0.15, 0.2) is 4.96 Å². The number of thiazole rings is 1. The minimum atomic E-state index is -0.543. The van der Waals surface area contributed by atoms with E-state index in [1.165, 1.54) is 33.6 Å².